The van der Waals surface area contributed by atoms with E-state index in [-0.39, 0.29) is 0 Å². The summed E-state index contributed by atoms with van der Waals surface area (Å²) in [5.41, 5.74) is 4.50. The van der Waals surface area contributed by atoms with Crippen molar-refractivity contribution < 1.29 is 0 Å². The molecule has 2 N–H and O–H groups in total. The predicted octanol–water partition coefficient (Wildman–Crippen LogP) is 4.71. The third kappa shape index (κ3) is 4.33. The Balaban J connectivity index is 1.80. The quantitative estimate of drug-likeness (QED) is 0.709. The highest BCUT2D eigenvalue weighted by Gasteiger charge is 2.04. The van der Waals surface area contributed by atoms with Crippen molar-refractivity contribution in [1.82, 2.24) is 9.97 Å². The first-order valence-electron chi connectivity index (χ1n) is 8.15. The molecule has 0 fully saturated rings. The molecule has 25 heavy (non-hydrogen) atoms. The van der Waals surface area contributed by atoms with Crippen LogP contribution in [0.5, 0.6) is 0 Å². The number of nitrogens with zero attached hydrogens (tertiary/aromatic N) is 3. The number of nitriles is 1. The fourth-order valence-electron chi connectivity index (χ4n) is 2.46. The fraction of sp³-hybridized carbons (Fsp3) is 0.150. The number of hydrogen-bond donors (Lipinski definition) is 2. The minimum atomic E-state index is 0.531. The first-order chi connectivity index (χ1) is 12.2. The average Bonchev–Trinajstić information content (AvgIpc) is 2.62. The minimum absolute atomic E-state index is 0.531. The van der Waals surface area contributed by atoms with E-state index in [1.165, 1.54) is 5.56 Å². The Hall–Kier alpha value is -3.39. The predicted molar refractivity (Wildman–Crippen MR) is 100 cm³/mol. The van der Waals surface area contributed by atoms with Gasteiger partial charge in [0.05, 0.1) is 11.6 Å². The molecule has 0 radical (unpaired) electrons. The van der Waals surface area contributed by atoms with Crippen molar-refractivity contribution in [3.63, 3.8) is 0 Å². The maximum absolute atomic E-state index is 9.00. The Morgan fingerprint density at radius 3 is 2.48 bits per heavy atom. The van der Waals surface area contributed by atoms with E-state index >= 15 is 0 Å². The first-order valence-corrected chi connectivity index (χ1v) is 8.15. The van der Waals surface area contributed by atoms with Crippen molar-refractivity contribution in [2.24, 2.45) is 0 Å². The molecule has 1 heterocycles. The second-order valence-electron chi connectivity index (χ2n) is 5.71. The van der Waals surface area contributed by atoms with Crippen molar-refractivity contribution in [3.8, 4) is 6.07 Å². The molecule has 0 spiro atoms. The zero-order valence-electron chi connectivity index (χ0n) is 14.2. The zero-order valence-corrected chi connectivity index (χ0v) is 14.2. The zero-order chi connectivity index (χ0) is 17.6. The molecular weight excluding hydrogens is 310 g/mol. The summed E-state index contributed by atoms with van der Waals surface area (Å²) in [5, 5.41) is 15.5. The summed E-state index contributed by atoms with van der Waals surface area (Å²) in [6.07, 6.45) is 1.01. The molecule has 3 aromatic rings. The molecule has 124 valence electrons. The van der Waals surface area contributed by atoms with Gasteiger partial charge in [-0.25, -0.2) is 4.98 Å². The molecule has 0 aliphatic rings. The lowest BCUT2D eigenvalue weighted by atomic mass is 10.1. The van der Waals surface area contributed by atoms with Gasteiger partial charge in [-0.3, -0.25) is 0 Å². The summed E-state index contributed by atoms with van der Waals surface area (Å²) in [6, 6.07) is 19.5. The van der Waals surface area contributed by atoms with Crippen molar-refractivity contribution in [3.05, 3.63) is 71.4 Å². The SMILES string of the molecule is CCc1ccc(Nc2nc(C)cc(Nc3cccc(C#N)c3)n2)cc1. The molecule has 5 heteroatoms. The first kappa shape index (κ1) is 16.5. The molecule has 0 aliphatic carbocycles. The monoisotopic (exact) mass is 329 g/mol. The van der Waals surface area contributed by atoms with E-state index in [1.54, 1.807) is 12.1 Å². The van der Waals surface area contributed by atoms with Gasteiger partial charge in [-0.2, -0.15) is 10.2 Å². The van der Waals surface area contributed by atoms with E-state index in [4.69, 9.17) is 5.26 Å². The number of hydrogen-bond acceptors (Lipinski definition) is 5. The highest BCUT2D eigenvalue weighted by Crippen LogP contribution is 2.20. The number of anilines is 4. The summed E-state index contributed by atoms with van der Waals surface area (Å²) in [6.45, 7) is 4.05. The van der Waals surface area contributed by atoms with Crippen molar-refractivity contribution in [2.45, 2.75) is 20.3 Å². The van der Waals surface area contributed by atoms with Gasteiger partial charge in [-0.05, 0) is 49.2 Å². The van der Waals surface area contributed by atoms with E-state index in [2.05, 4.69) is 45.7 Å². The van der Waals surface area contributed by atoms with Crippen LogP contribution >= 0.6 is 0 Å². The Kier molecular flexibility index (Phi) is 4.91. The Morgan fingerprint density at radius 1 is 0.960 bits per heavy atom. The van der Waals surface area contributed by atoms with Gasteiger partial charge in [0.1, 0.15) is 5.82 Å². The molecule has 2 aromatic carbocycles. The average molecular weight is 329 g/mol. The van der Waals surface area contributed by atoms with Gasteiger partial charge in [-0.1, -0.05) is 25.1 Å². The van der Waals surface area contributed by atoms with Gasteiger partial charge in [0.25, 0.3) is 0 Å². The maximum atomic E-state index is 9.00. The molecule has 0 atom stereocenters. The Bertz CT molecular complexity index is 910. The summed E-state index contributed by atoms with van der Waals surface area (Å²) >= 11 is 0. The van der Waals surface area contributed by atoms with Gasteiger partial charge < -0.3 is 10.6 Å². The van der Waals surface area contributed by atoms with Crippen LogP contribution in [0.4, 0.5) is 23.1 Å². The van der Waals surface area contributed by atoms with Gasteiger partial charge in [0.2, 0.25) is 5.95 Å². The van der Waals surface area contributed by atoms with Crippen molar-refractivity contribution >= 4 is 23.1 Å². The molecule has 0 unspecified atom stereocenters. The molecule has 0 saturated heterocycles. The second kappa shape index (κ2) is 7.45. The maximum Gasteiger partial charge on any atom is 0.229 e. The highest BCUT2D eigenvalue weighted by molar-refractivity contribution is 5.61. The van der Waals surface area contributed by atoms with Crippen LogP contribution in [-0.2, 0) is 6.42 Å². The lowest BCUT2D eigenvalue weighted by Gasteiger charge is -2.10. The third-order valence-electron chi connectivity index (χ3n) is 3.74. The van der Waals surface area contributed by atoms with Crippen molar-refractivity contribution in [2.75, 3.05) is 10.6 Å². The summed E-state index contributed by atoms with van der Waals surface area (Å²) in [5.74, 6) is 1.21. The topological polar surface area (TPSA) is 73.6 Å². The van der Waals surface area contributed by atoms with Gasteiger partial charge in [-0.15, -0.1) is 0 Å². The lowest BCUT2D eigenvalue weighted by Crippen LogP contribution is -2.02. The van der Waals surface area contributed by atoms with Crippen LogP contribution in [0, 0.1) is 18.3 Å². The molecule has 0 saturated carbocycles. The van der Waals surface area contributed by atoms with E-state index in [1.807, 2.05) is 37.3 Å². The smallest absolute Gasteiger partial charge is 0.229 e. The number of rotatable bonds is 5. The number of nitrogens with one attached hydrogen (secondary N) is 2. The van der Waals surface area contributed by atoms with Crippen LogP contribution in [-0.4, -0.2) is 9.97 Å². The molecule has 0 bridgehead atoms. The van der Waals surface area contributed by atoms with Crippen molar-refractivity contribution in [1.29, 1.82) is 5.26 Å². The van der Waals surface area contributed by atoms with Crippen LogP contribution in [0.3, 0.4) is 0 Å². The normalized spacial score (nSPS) is 10.1. The fourth-order valence-corrected chi connectivity index (χ4v) is 2.46. The lowest BCUT2D eigenvalue weighted by molar-refractivity contribution is 1.10. The number of aryl methyl sites for hydroxylation is 2. The van der Waals surface area contributed by atoms with E-state index in [9.17, 15) is 0 Å². The third-order valence-corrected chi connectivity index (χ3v) is 3.74. The molecule has 3 rings (SSSR count). The molecular formula is C20H19N5. The Morgan fingerprint density at radius 2 is 1.76 bits per heavy atom. The van der Waals surface area contributed by atoms with Crippen LogP contribution in [0.2, 0.25) is 0 Å². The van der Waals surface area contributed by atoms with Gasteiger partial charge in [0.15, 0.2) is 0 Å². The molecule has 1 aromatic heterocycles. The largest absolute Gasteiger partial charge is 0.340 e. The van der Waals surface area contributed by atoms with E-state index in [0.717, 1.165) is 23.5 Å². The van der Waals surface area contributed by atoms with Crippen LogP contribution in [0.25, 0.3) is 0 Å². The van der Waals surface area contributed by atoms with Crippen LogP contribution in [0.15, 0.2) is 54.6 Å². The molecule has 0 amide bonds. The van der Waals surface area contributed by atoms with Gasteiger partial charge in [0, 0.05) is 23.1 Å². The van der Waals surface area contributed by atoms with Gasteiger partial charge >= 0.3 is 0 Å². The van der Waals surface area contributed by atoms with Crippen LogP contribution < -0.4 is 10.6 Å². The summed E-state index contributed by atoms with van der Waals surface area (Å²) in [4.78, 5) is 8.94. The highest BCUT2D eigenvalue weighted by atomic mass is 15.1. The summed E-state index contributed by atoms with van der Waals surface area (Å²) in [7, 11) is 0. The van der Waals surface area contributed by atoms with Crippen LogP contribution in [0.1, 0.15) is 23.7 Å². The number of aromatic nitrogens is 2. The van der Waals surface area contributed by atoms with E-state index < -0.39 is 0 Å². The number of benzene rings is 2. The Labute approximate surface area is 147 Å². The molecule has 5 nitrogen and oxygen atoms in total. The van der Waals surface area contributed by atoms with E-state index in [0.29, 0.717) is 17.3 Å². The standard InChI is InChI=1S/C20H19N5/c1-3-15-7-9-17(10-8-15)24-20-22-14(2)11-19(25-20)23-18-6-4-5-16(12-18)13-21/h4-12H,3H2,1-2H3,(H2,22,23,24,25). The second-order valence-corrected chi connectivity index (χ2v) is 5.71. The molecule has 0 aliphatic heterocycles. The minimum Gasteiger partial charge on any atom is -0.340 e. The summed E-state index contributed by atoms with van der Waals surface area (Å²) < 4.78 is 0.